The maximum Gasteiger partial charge on any atom is 0.297 e. The topological polar surface area (TPSA) is 97.1 Å². The zero-order valence-electron chi connectivity index (χ0n) is 18.5. The van der Waals surface area contributed by atoms with Crippen LogP contribution < -0.4 is 0 Å². The Balaban J connectivity index is 1.80. The van der Waals surface area contributed by atoms with E-state index in [1.54, 1.807) is 31.2 Å². The maximum absolute atomic E-state index is 13.8. The van der Waals surface area contributed by atoms with Crippen LogP contribution in [0.4, 0.5) is 4.39 Å². The minimum Gasteiger partial charge on any atom is -0.291 e. The molecule has 0 atom stereocenters. The molecular weight excluding hydrogens is 546 g/mol. The van der Waals surface area contributed by atoms with Crippen LogP contribution in [0.1, 0.15) is 20.8 Å². The molecule has 36 heavy (non-hydrogen) atoms. The molecule has 0 amide bonds. The van der Waals surface area contributed by atoms with Crippen molar-refractivity contribution in [3.8, 4) is 27.6 Å². The molecule has 6 nitrogen and oxygen atoms in total. The van der Waals surface area contributed by atoms with Gasteiger partial charge >= 0.3 is 0 Å². The fourth-order valence-corrected chi connectivity index (χ4v) is 5.96. The first-order chi connectivity index (χ1) is 17.1. The highest BCUT2D eigenvalue weighted by molar-refractivity contribution is 7.86. The van der Waals surface area contributed by atoms with E-state index in [1.165, 1.54) is 30.5 Å². The van der Waals surface area contributed by atoms with E-state index in [9.17, 15) is 22.9 Å². The van der Waals surface area contributed by atoms with Crippen molar-refractivity contribution in [2.24, 2.45) is 0 Å². The third-order valence-corrected chi connectivity index (χ3v) is 8.22. The van der Waals surface area contributed by atoms with E-state index >= 15 is 0 Å². The van der Waals surface area contributed by atoms with Crippen molar-refractivity contribution in [1.29, 1.82) is 5.26 Å². The summed E-state index contributed by atoms with van der Waals surface area (Å²) in [5, 5.41) is 10.5. The van der Waals surface area contributed by atoms with Crippen molar-refractivity contribution in [3.05, 3.63) is 92.8 Å². The summed E-state index contributed by atoms with van der Waals surface area (Å²) in [5.74, 6) is -1.47. The first kappa shape index (κ1) is 25.9. The van der Waals surface area contributed by atoms with E-state index in [-0.39, 0.29) is 25.9 Å². The van der Waals surface area contributed by atoms with Gasteiger partial charge in [-0.05, 0) is 42.8 Å². The number of halogens is 3. The zero-order valence-corrected chi connectivity index (χ0v) is 21.6. The number of pyridine rings is 1. The SMILES string of the molecule is Cc1ccc(S(=O)(=O)OCC(=O)c2sc(-c3ccnc(F)c3)c(C#N)c2-c2ccc(Cl)cc2Cl)cc1. The summed E-state index contributed by atoms with van der Waals surface area (Å²) in [7, 11) is -4.22. The third kappa shape index (κ3) is 5.33. The molecule has 0 aliphatic carbocycles. The number of aromatic nitrogens is 1. The molecule has 0 N–H and O–H groups in total. The van der Waals surface area contributed by atoms with Crippen LogP contribution in [0.2, 0.25) is 10.0 Å². The molecule has 2 aromatic heterocycles. The first-order valence-electron chi connectivity index (χ1n) is 10.2. The molecule has 0 aliphatic rings. The Bertz CT molecular complexity index is 1630. The van der Waals surface area contributed by atoms with Gasteiger partial charge in [0.15, 0.2) is 0 Å². The molecule has 0 fully saturated rings. The minimum absolute atomic E-state index is 0.0297. The van der Waals surface area contributed by atoms with Crippen LogP contribution >= 0.6 is 34.5 Å². The number of ketones is 1. The number of aryl methyl sites for hydroxylation is 1. The van der Waals surface area contributed by atoms with Gasteiger partial charge in [-0.2, -0.15) is 18.1 Å². The average Bonchev–Trinajstić information content (AvgIpc) is 3.22. The van der Waals surface area contributed by atoms with Gasteiger partial charge in [0, 0.05) is 33.4 Å². The number of carbonyl (C=O) groups excluding carboxylic acids is 1. The van der Waals surface area contributed by atoms with Crippen molar-refractivity contribution in [1.82, 2.24) is 4.98 Å². The lowest BCUT2D eigenvalue weighted by atomic mass is 9.97. The quantitative estimate of drug-likeness (QED) is 0.142. The van der Waals surface area contributed by atoms with E-state index in [4.69, 9.17) is 27.4 Å². The van der Waals surface area contributed by atoms with E-state index in [1.807, 2.05) is 0 Å². The van der Waals surface area contributed by atoms with Gasteiger partial charge in [-0.1, -0.05) is 47.0 Å². The molecule has 182 valence electrons. The second kappa shape index (κ2) is 10.5. The van der Waals surface area contributed by atoms with Crippen molar-refractivity contribution in [2.45, 2.75) is 11.8 Å². The van der Waals surface area contributed by atoms with Crippen LogP contribution in [0.25, 0.3) is 21.6 Å². The molecule has 2 aromatic carbocycles. The number of Topliss-reactive ketones (excluding diaryl/α,β-unsaturated/α-hetero) is 1. The monoisotopic (exact) mass is 560 g/mol. The molecule has 0 saturated heterocycles. The second-order valence-electron chi connectivity index (χ2n) is 7.57. The van der Waals surface area contributed by atoms with Crippen molar-refractivity contribution in [2.75, 3.05) is 6.61 Å². The summed E-state index contributed by atoms with van der Waals surface area (Å²) in [6.07, 6.45) is 1.24. The number of nitriles is 1. The van der Waals surface area contributed by atoms with E-state index in [2.05, 4.69) is 11.1 Å². The molecule has 0 spiro atoms. The molecule has 0 aliphatic heterocycles. The number of carbonyl (C=O) groups is 1. The summed E-state index contributed by atoms with van der Waals surface area (Å²) in [6.45, 7) is 0.990. The van der Waals surface area contributed by atoms with Gasteiger partial charge in [-0.15, -0.1) is 11.3 Å². The lowest BCUT2D eigenvalue weighted by Crippen LogP contribution is -2.14. The smallest absolute Gasteiger partial charge is 0.291 e. The van der Waals surface area contributed by atoms with Crippen LogP contribution in [0.5, 0.6) is 0 Å². The highest BCUT2D eigenvalue weighted by Crippen LogP contribution is 2.44. The number of benzene rings is 2. The Morgan fingerprint density at radius 1 is 1.14 bits per heavy atom. The molecule has 0 bridgehead atoms. The Morgan fingerprint density at radius 3 is 2.50 bits per heavy atom. The van der Waals surface area contributed by atoms with Crippen LogP contribution in [0.15, 0.2) is 65.7 Å². The number of thiophene rings is 1. The molecule has 4 aromatic rings. The molecule has 4 rings (SSSR count). The fraction of sp³-hybridized carbons (Fsp3) is 0.0800. The Labute approximate surface area is 220 Å². The van der Waals surface area contributed by atoms with Gasteiger partial charge in [0.1, 0.15) is 12.7 Å². The van der Waals surface area contributed by atoms with E-state index in [0.717, 1.165) is 23.0 Å². The lowest BCUT2D eigenvalue weighted by Gasteiger charge is -2.08. The molecule has 11 heteroatoms. The van der Waals surface area contributed by atoms with Crippen molar-refractivity contribution in [3.63, 3.8) is 0 Å². The largest absolute Gasteiger partial charge is 0.297 e. The maximum atomic E-state index is 13.8. The fourth-order valence-electron chi connectivity index (χ4n) is 3.40. The summed E-state index contributed by atoms with van der Waals surface area (Å²) in [6, 6.07) is 15.2. The van der Waals surface area contributed by atoms with Crippen molar-refractivity contribution >= 4 is 50.4 Å². The number of hydrogen-bond donors (Lipinski definition) is 0. The second-order valence-corrected chi connectivity index (χ2v) is 11.0. The zero-order chi connectivity index (χ0) is 26.0. The van der Waals surface area contributed by atoms with Gasteiger partial charge < -0.3 is 0 Å². The number of rotatable bonds is 7. The number of nitrogens with zero attached hydrogens (tertiary/aromatic N) is 2. The summed E-state index contributed by atoms with van der Waals surface area (Å²) < 4.78 is 44.1. The van der Waals surface area contributed by atoms with Gasteiger partial charge in [0.05, 0.1) is 20.2 Å². The van der Waals surface area contributed by atoms with Gasteiger partial charge in [-0.25, -0.2) is 4.98 Å². The normalized spacial score (nSPS) is 11.3. The summed E-state index contributed by atoms with van der Waals surface area (Å²) in [4.78, 5) is 17.0. The third-order valence-electron chi connectivity index (χ3n) is 5.12. The van der Waals surface area contributed by atoms with Crippen LogP contribution in [-0.4, -0.2) is 25.8 Å². The van der Waals surface area contributed by atoms with Crippen LogP contribution in [0, 0.1) is 24.2 Å². The number of hydrogen-bond acceptors (Lipinski definition) is 7. The van der Waals surface area contributed by atoms with Crippen LogP contribution in [-0.2, 0) is 14.3 Å². The van der Waals surface area contributed by atoms with E-state index in [0.29, 0.717) is 21.0 Å². The van der Waals surface area contributed by atoms with E-state index < -0.39 is 28.5 Å². The van der Waals surface area contributed by atoms with Crippen LogP contribution in [0.3, 0.4) is 0 Å². The predicted molar refractivity (Wildman–Crippen MR) is 136 cm³/mol. The summed E-state index contributed by atoms with van der Waals surface area (Å²) in [5.41, 5.74) is 1.76. The Hall–Kier alpha value is -3.13. The highest BCUT2D eigenvalue weighted by atomic mass is 35.5. The van der Waals surface area contributed by atoms with Gasteiger partial charge in [0.2, 0.25) is 11.7 Å². The van der Waals surface area contributed by atoms with Gasteiger partial charge in [-0.3, -0.25) is 8.98 Å². The first-order valence-corrected chi connectivity index (χ1v) is 13.2. The lowest BCUT2D eigenvalue weighted by molar-refractivity contribution is 0.0929. The van der Waals surface area contributed by atoms with Crippen molar-refractivity contribution < 1.29 is 21.8 Å². The molecule has 0 saturated carbocycles. The molecule has 2 heterocycles. The summed E-state index contributed by atoms with van der Waals surface area (Å²) >= 11 is 13.3. The minimum atomic E-state index is -4.22. The highest BCUT2D eigenvalue weighted by Gasteiger charge is 2.28. The molecule has 0 radical (unpaired) electrons. The predicted octanol–water partition coefficient (Wildman–Crippen LogP) is 6.69. The standard InChI is InChI=1S/C25H15Cl2FN2O4S2/c1-14-2-5-17(6-3-14)36(32,33)34-13-21(31)25-23(18-7-4-16(26)11-20(18)27)19(12-29)24(35-25)15-8-9-30-22(28)10-15/h2-11H,13H2,1H3. The molecule has 0 unspecified atom stereocenters. The molecular formula is C25H15Cl2FN2O4S2. The Kier molecular flexibility index (Phi) is 7.54. The van der Waals surface area contributed by atoms with Gasteiger partial charge in [0.25, 0.3) is 10.1 Å². The Morgan fingerprint density at radius 2 is 1.86 bits per heavy atom. The average molecular weight is 561 g/mol.